The molecule has 1 unspecified atom stereocenters. The first-order valence-electron chi connectivity index (χ1n) is 8.43. The van der Waals surface area contributed by atoms with Crippen molar-refractivity contribution in [2.24, 2.45) is 0 Å². The van der Waals surface area contributed by atoms with Gasteiger partial charge in [-0.25, -0.2) is 4.68 Å². The van der Waals surface area contributed by atoms with Crippen LogP contribution in [0.4, 0.5) is 0 Å². The topological polar surface area (TPSA) is 50.2 Å². The summed E-state index contributed by atoms with van der Waals surface area (Å²) in [7, 11) is 0. The Morgan fingerprint density at radius 1 is 1.25 bits per heavy atom. The number of benzene rings is 1. The molecular formula is C18H23ClN4O. The maximum atomic E-state index is 13.0. The lowest BCUT2D eigenvalue weighted by Gasteiger charge is -2.31. The molecule has 2 heterocycles. The van der Waals surface area contributed by atoms with Crippen molar-refractivity contribution in [3.63, 3.8) is 0 Å². The molecule has 1 aromatic carbocycles. The number of carbonyl (C=O) groups excluding carboxylic acids is 1. The van der Waals surface area contributed by atoms with E-state index in [0.717, 1.165) is 50.1 Å². The van der Waals surface area contributed by atoms with Crippen LogP contribution in [0.15, 0.2) is 30.3 Å². The van der Waals surface area contributed by atoms with Gasteiger partial charge in [-0.2, -0.15) is 5.10 Å². The number of piperazine rings is 1. The largest absolute Gasteiger partial charge is 0.334 e. The number of carbonyl (C=O) groups is 1. The van der Waals surface area contributed by atoms with Crippen molar-refractivity contribution >= 4 is 18.3 Å². The quantitative estimate of drug-likeness (QED) is 0.907. The summed E-state index contributed by atoms with van der Waals surface area (Å²) in [6, 6.07) is 10.5. The molecule has 1 atom stereocenters. The first-order valence-corrected chi connectivity index (χ1v) is 8.43. The Balaban J connectivity index is 0.00000169. The number of nitrogens with one attached hydrogen (secondary N) is 1. The van der Waals surface area contributed by atoms with E-state index in [1.54, 1.807) is 0 Å². The average Bonchev–Trinajstić information content (AvgIpc) is 3.17. The molecule has 1 amide bonds. The molecule has 1 N–H and O–H groups in total. The summed E-state index contributed by atoms with van der Waals surface area (Å²) in [6.45, 7) is 4.49. The molecule has 2 aromatic rings. The lowest BCUT2D eigenvalue weighted by Crippen LogP contribution is -2.51. The molecule has 128 valence electrons. The number of para-hydroxylation sites is 1. The van der Waals surface area contributed by atoms with Crippen LogP contribution in [0.25, 0.3) is 5.69 Å². The third-order valence-electron chi connectivity index (χ3n) is 4.79. The van der Waals surface area contributed by atoms with Crippen LogP contribution >= 0.6 is 12.4 Å². The van der Waals surface area contributed by atoms with Crippen LogP contribution in [0.1, 0.15) is 35.1 Å². The van der Waals surface area contributed by atoms with Gasteiger partial charge in [-0.1, -0.05) is 18.2 Å². The second-order valence-electron chi connectivity index (χ2n) is 6.48. The van der Waals surface area contributed by atoms with E-state index in [-0.39, 0.29) is 18.3 Å². The minimum Gasteiger partial charge on any atom is -0.334 e. The highest BCUT2D eigenvalue weighted by molar-refractivity contribution is 5.94. The molecule has 1 aliphatic carbocycles. The SMILES string of the molecule is CC1CN(C(=O)c2nn(-c3ccccc3)c3c2CCC3)CCN1.Cl. The Bertz CT molecular complexity index is 728. The van der Waals surface area contributed by atoms with Crippen molar-refractivity contribution in [2.75, 3.05) is 19.6 Å². The minimum atomic E-state index is 0. The van der Waals surface area contributed by atoms with E-state index in [1.807, 2.05) is 39.9 Å². The van der Waals surface area contributed by atoms with Crippen LogP contribution < -0.4 is 5.32 Å². The van der Waals surface area contributed by atoms with Gasteiger partial charge in [0.1, 0.15) is 0 Å². The van der Waals surface area contributed by atoms with E-state index >= 15 is 0 Å². The summed E-state index contributed by atoms with van der Waals surface area (Å²) in [4.78, 5) is 14.9. The fourth-order valence-corrected chi connectivity index (χ4v) is 3.66. The molecule has 4 rings (SSSR count). The molecular weight excluding hydrogens is 324 g/mol. The predicted octanol–water partition coefficient (Wildman–Crippen LogP) is 2.22. The zero-order valence-electron chi connectivity index (χ0n) is 13.9. The average molecular weight is 347 g/mol. The van der Waals surface area contributed by atoms with Crippen molar-refractivity contribution in [3.05, 3.63) is 47.3 Å². The van der Waals surface area contributed by atoms with E-state index in [0.29, 0.717) is 11.7 Å². The molecule has 6 heteroatoms. The third kappa shape index (κ3) is 2.94. The summed E-state index contributed by atoms with van der Waals surface area (Å²) < 4.78 is 1.97. The van der Waals surface area contributed by atoms with Crippen LogP contribution in [0, 0.1) is 0 Å². The second-order valence-corrected chi connectivity index (χ2v) is 6.48. The molecule has 0 bridgehead atoms. The first kappa shape index (κ1) is 17.0. The van der Waals surface area contributed by atoms with E-state index in [2.05, 4.69) is 12.2 Å². The van der Waals surface area contributed by atoms with Crippen LogP contribution in [0.2, 0.25) is 0 Å². The third-order valence-corrected chi connectivity index (χ3v) is 4.79. The smallest absolute Gasteiger partial charge is 0.274 e. The van der Waals surface area contributed by atoms with Gasteiger partial charge in [-0.3, -0.25) is 4.79 Å². The molecule has 0 saturated carbocycles. The lowest BCUT2D eigenvalue weighted by atomic mass is 10.1. The van der Waals surface area contributed by atoms with Crippen LogP contribution in [0.3, 0.4) is 0 Å². The molecule has 1 aromatic heterocycles. The lowest BCUT2D eigenvalue weighted by molar-refractivity contribution is 0.0701. The van der Waals surface area contributed by atoms with Gasteiger partial charge in [0.05, 0.1) is 5.69 Å². The molecule has 0 radical (unpaired) electrons. The number of amides is 1. The summed E-state index contributed by atoms with van der Waals surface area (Å²) >= 11 is 0. The summed E-state index contributed by atoms with van der Waals surface area (Å²) in [5.41, 5.74) is 4.07. The number of rotatable bonds is 2. The number of hydrogen-bond donors (Lipinski definition) is 1. The van der Waals surface area contributed by atoms with E-state index in [9.17, 15) is 4.79 Å². The Hall–Kier alpha value is -1.85. The van der Waals surface area contributed by atoms with E-state index < -0.39 is 0 Å². The summed E-state index contributed by atoms with van der Waals surface area (Å²) in [5.74, 6) is 0.0891. The molecule has 1 fully saturated rings. The van der Waals surface area contributed by atoms with E-state index in [1.165, 1.54) is 5.69 Å². The molecule has 2 aliphatic rings. The van der Waals surface area contributed by atoms with Gasteiger partial charge in [0, 0.05) is 36.9 Å². The Morgan fingerprint density at radius 3 is 2.79 bits per heavy atom. The zero-order valence-corrected chi connectivity index (χ0v) is 14.7. The van der Waals surface area contributed by atoms with Gasteiger partial charge in [-0.15, -0.1) is 12.4 Å². The summed E-state index contributed by atoms with van der Waals surface area (Å²) in [6.07, 6.45) is 3.08. The number of hydrogen-bond acceptors (Lipinski definition) is 3. The van der Waals surface area contributed by atoms with Crippen molar-refractivity contribution in [1.82, 2.24) is 20.0 Å². The fourth-order valence-electron chi connectivity index (χ4n) is 3.66. The zero-order chi connectivity index (χ0) is 15.8. The molecule has 1 aliphatic heterocycles. The van der Waals surface area contributed by atoms with Crippen molar-refractivity contribution < 1.29 is 4.79 Å². The van der Waals surface area contributed by atoms with Crippen LogP contribution in [-0.2, 0) is 12.8 Å². The van der Waals surface area contributed by atoms with Gasteiger partial charge in [0.25, 0.3) is 5.91 Å². The highest BCUT2D eigenvalue weighted by Crippen LogP contribution is 2.28. The van der Waals surface area contributed by atoms with Crippen LogP contribution in [0.5, 0.6) is 0 Å². The van der Waals surface area contributed by atoms with Gasteiger partial charge in [-0.05, 0) is 38.3 Å². The van der Waals surface area contributed by atoms with Crippen molar-refractivity contribution in [3.8, 4) is 5.69 Å². The number of aromatic nitrogens is 2. The Morgan fingerprint density at radius 2 is 2.04 bits per heavy atom. The van der Waals surface area contributed by atoms with Gasteiger partial charge >= 0.3 is 0 Å². The number of nitrogens with zero attached hydrogens (tertiary/aromatic N) is 3. The van der Waals surface area contributed by atoms with E-state index in [4.69, 9.17) is 5.10 Å². The van der Waals surface area contributed by atoms with Gasteiger partial charge < -0.3 is 10.2 Å². The minimum absolute atomic E-state index is 0. The maximum Gasteiger partial charge on any atom is 0.274 e. The second kappa shape index (κ2) is 6.95. The Kier molecular flexibility index (Phi) is 4.92. The molecule has 0 spiro atoms. The number of fused-ring (bicyclic) bond motifs is 1. The molecule has 1 saturated heterocycles. The summed E-state index contributed by atoms with van der Waals surface area (Å²) in [5, 5.41) is 8.09. The standard InChI is InChI=1S/C18H22N4O.ClH/c1-13-12-21(11-10-19-13)18(23)17-15-8-5-9-16(15)22(20-17)14-6-3-2-4-7-14;/h2-4,6-7,13,19H,5,8-12H2,1H3;1H. The monoisotopic (exact) mass is 346 g/mol. The van der Waals surface area contributed by atoms with Crippen molar-refractivity contribution in [2.45, 2.75) is 32.2 Å². The van der Waals surface area contributed by atoms with Gasteiger partial charge in [0.15, 0.2) is 5.69 Å². The number of halogens is 1. The van der Waals surface area contributed by atoms with Gasteiger partial charge in [0.2, 0.25) is 0 Å². The first-order chi connectivity index (χ1) is 11.2. The van der Waals surface area contributed by atoms with Crippen molar-refractivity contribution in [1.29, 1.82) is 0 Å². The van der Waals surface area contributed by atoms with Crippen LogP contribution in [-0.4, -0.2) is 46.3 Å². The normalized spacial score (nSPS) is 19.7. The molecule has 24 heavy (non-hydrogen) atoms. The molecule has 5 nitrogen and oxygen atoms in total. The maximum absolute atomic E-state index is 13.0. The fraction of sp³-hybridized carbons (Fsp3) is 0.444. The highest BCUT2D eigenvalue weighted by Gasteiger charge is 2.30. The highest BCUT2D eigenvalue weighted by atomic mass is 35.5. The predicted molar refractivity (Wildman–Crippen MR) is 96.2 cm³/mol. The Labute approximate surface area is 148 Å².